The predicted molar refractivity (Wildman–Crippen MR) is 79.7 cm³/mol. The van der Waals surface area contributed by atoms with E-state index in [1.54, 1.807) is 19.1 Å². The molecule has 1 heterocycles. The van der Waals surface area contributed by atoms with Gasteiger partial charge in [-0.25, -0.2) is 0 Å². The number of ketones is 1. The van der Waals surface area contributed by atoms with Crippen LogP contribution in [0.2, 0.25) is 0 Å². The average molecular weight is 282 g/mol. The van der Waals surface area contributed by atoms with Crippen molar-refractivity contribution in [1.29, 1.82) is 5.26 Å². The highest BCUT2D eigenvalue weighted by Crippen LogP contribution is 2.37. The number of rotatable bonds is 3. The number of carbonyl (C=O) groups is 1. The minimum atomic E-state index is -0.337. The summed E-state index contributed by atoms with van der Waals surface area (Å²) in [5.41, 5.74) is 7.23. The van der Waals surface area contributed by atoms with Crippen LogP contribution in [-0.4, -0.2) is 5.78 Å². The summed E-state index contributed by atoms with van der Waals surface area (Å²) in [4.78, 5) is 12.8. The van der Waals surface area contributed by atoms with E-state index in [-0.39, 0.29) is 23.5 Å². The molecule has 0 aliphatic carbocycles. The quantitative estimate of drug-likeness (QED) is 0.864. The van der Waals surface area contributed by atoms with Crippen LogP contribution in [0.1, 0.15) is 31.1 Å². The number of nitrogens with two attached hydrogens (primary N) is 1. The van der Waals surface area contributed by atoms with Gasteiger partial charge in [-0.3, -0.25) is 4.79 Å². The lowest BCUT2D eigenvalue weighted by Crippen LogP contribution is -2.28. The molecule has 2 rings (SSSR count). The third-order valence-electron chi connectivity index (χ3n) is 3.60. The summed E-state index contributed by atoms with van der Waals surface area (Å²) >= 11 is 0. The summed E-state index contributed by atoms with van der Waals surface area (Å²) < 4.78 is 5.42. The lowest BCUT2D eigenvalue weighted by atomic mass is 9.78. The second-order valence-corrected chi connectivity index (χ2v) is 5.38. The summed E-state index contributed by atoms with van der Waals surface area (Å²) in [5.74, 6) is 0.181. The van der Waals surface area contributed by atoms with Crippen molar-refractivity contribution < 1.29 is 9.53 Å². The molecule has 1 atom stereocenters. The van der Waals surface area contributed by atoms with Crippen LogP contribution >= 0.6 is 0 Å². The highest BCUT2D eigenvalue weighted by Gasteiger charge is 2.36. The second kappa shape index (κ2) is 5.84. The third-order valence-corrected chi connectivity index (χ3v) is 3.60. The Morgan fingerprint density at radius 1 is 1.33 bits per heavy atom. The maximum absolute atomic E-state index is 12.8. The van der Waals surface area contributed by atoms with Crippen molar-refractivity contribution in [3.63, 3.8) is 0 Å². The highest BCUT2D eigenvalue weighted by molar-refractivity contribution is 6.09. The fourth-order valence-corrected chi connectivity index (χ4v) is 2.63. The first kappa shape index (κ1) is 14.9. The Labute approximate surface area is 124 Å². The Morgan fingerprint density at radius 3 is 2.48 bits per heavy atom. The Morgan fingerprint density at radius 2 is 1.95 bits per heavy atom. The normalized spacial score (nSPS) is 18.5. The largest absolute Gasteiger partial charge is 0.445 e. The molecule has 4 nitrogen and oxygen atoms in total. The molecule has 21 heavy (non-hydrogen) atoms. The van der Waals surface area contributed by atoms with E-state index in [9.17, 15) is 10.1 Å². The van der Waals surface area contributed by atoms with E-state index >= 15 is 0 Å². The molecule has 1 aromatic rings. The van der Waals surface area contributed by atoms with E-state index in [4.69, 9.17) is 10.5 Å². The van der Waals surface area contributed by atoms with E-state index in [2.05, 4.69) is 6.07 Å². The molecule has 0 radical (unpaired) electrons. The summed E-state index contributed by atoms with van der Waals surface area (Å²) in [6.07, 6.45) is 0. The number of ether oxygens (including phenoxy) is 1. The Bertz CT molecular complexity index is 664. The first-order valence-electron chi connectivity index (χ1n) is 6.85. The van der Waals surface area contributed by atoms with Crippen molar-refractivity contribution in [2.45, 2.75) is 20.8 Å². The van der Waals surface area contributed by atoms with Gasteiger partial charge in [0.25, 0.3) is 0 Å². The van der Waals surface area contributed by atoms with Gasteiger partial charge < -0.3 is 10.5 Å². The van der Waals surface area contributed by atoms with E-state index < -0.39 is 0 Å². The molecule has 4 heteroatoms. The van der Waals surface area contributed by atoms with E-state index in [1.165, 1.54) is 0 Å². The van der Waals surface area contributed by atoms with Crippen LogP contribution in [-0.2, 0) is 4.74 Å². The smallest absolute Gasteiger partial charge is 0.204 e. The van der Waals surface area contributed by atoms with Crippen molar-refractivity contribution in [3.05, 3.63) is 58.7 Å². The molecule has 0 saturated carbocycles. The van der Waals surface area contributed by atoms with E-state index in [0.717, 1.165) is 0 Å². The van der Waals surface area contributed by atoms with Crippen LogP contribution in [0.4, 0.5) is 0 Å². The Balaban J connectivity index is 2.53. The number of benzene rings is 1. The Hall–Kier alpha value is -2.54. The van der Waals surface area contributed by atoms with Gasteiger partial charge in [0.2, 0.25) is 5.88 Å². The number of allylic oxidation sites excluding steroid dienone is 3. The summed E-state index contributed by atoms with van der Waals surface area (Å²) in [7, 11) is 0. The van der Waals surface area contributed by atoms with E-state index in [0.29, 0.717) is 22.5 Å². The van der Waals surface area contributed by atoms with Gasteiger partial charge >= 0.3 is 0 Å². The van der Waals surface area contributed by atoms with Crippen molar-refractivity contribution in [2.24, 2.45) is 17.6 Å². The fraction of sp³-hybridized carbons (Fsp3) is 0.294. The lowest BCUT2D eigenvalue weighted by molar-refractivity contribution is 0.100. The van der Waals surface area contributed by atoms with Crippen LogP contribution in [0.15, 0.2) is 53.1 Å². The van der Waals surface area contributed by atoms with Gasteiger partial charge in [-0.05, 0) is 12.8 Å². The molecule has 0 bridgehead atoms. The molecular formula is C17H18N2O2. The van der Waals surface area contributed by atoms with Crippen LogP contribution in [0.25, 0.3) is 0 Å². The monoisotopic (exact) mass is 282 g/mol. The van der Waals surface area contributed by atoms with Gasteiger partial charge in [0.05, 0.1) is 5.57 Å². The van der Waals surface area contributed by atoms with Gasteiger partial charge in [-0.1, -0.05) is 44.2 Å². The zero-order valence-electron chi connectivity index (χ0n) is 12.4. The highest BCUT2D eigenvalue weighted by atomic mass is 16.5. The number of nitrogens with zero attached hydrogens (tertiary/aromatic N) is 1. The molecule has 1 aliphatic heterocycles. The Kier molecular flexibility index (Phi) is 4.13. The average Bonchev–Trinajstić information content (AvgIpc) is 2.46. The molecule has 1 unspecified atom stereocenters. The van der Waals surface area contributed by atoms with Crippen molar-refractivity contribution in [2.75, 3.05) is 0 Å². The standard InChI is InChI=1S/C17H18N2O2/c1-10(2)14-13(9-18)17(19)21-11(3)15(14)16(20)12-7-5-4-6-8-12/h4-8,10,14H,19H2,1-3H3. The zero-order valence-corrected chi connectivity index (χ0v) is 12.4. The van der Waals surface area contributed by atoms with Gasteiger partial charge in [0.1, 0.15) is 11.8 Å². The first-order valence-corrected chi connectivity index (χ1v) is 6.85. The first-order chi connectivity index (χ1) is 9.97. The third kappa shape index (κ3) is 2.68. The number of Topliss-reactive ketones (excluding diaryl/α,β-unsaturated/α-hetero) is 1. The topological polar surface area (TPSA) is 76.1 Å². The van der Waals surface area contributed by atoms with Gasteiger partial charge in [-0.15, -0.1) is 0 Å². The molecule has 2 N–H and O–H groups in total. The number of hydrogen-bond acceptors (Lipinski definition) is 4. The van der Waals surface area contributed by atoms with Crippen molar-refractivity contribution in [1.82, 2.24) is 0 Å². The number of nitriles is 1. The van der Waals surface area contributed by atoms with Gasteiger partial charge in [0, 0.05) is 17.1 Å². The summed E-state index contributed by atoms with van der Waals surface area (Å²) in [6.45, 7) is 5.64. The van der Waals surface area contributed by atoms with Gasteiger partial charge in [-0.2, -0.15) is 5.26 Å². The summed E-state index contributed by atoms with van der Waals surface area (Å²) in [6, 6.07) is 11.1. The van der Waals surface area contributed by atoms with E-state index in [1.807, 2.05) is 32.0 Å². The molecule has 0 saturated heterocycles. The molecule has 0 amide bonds. The predicted octanol–water partition coefficient (Wildman–Crippen LogP) is 3.14. The summed E-state index contributed by atoms with van der Waals surface area (Å²) in [5, 5.41) is 9.34. The fourth-order valence-electron chi connectivity index (χ4n) is 2.63. The minimum Gasteiger partial charge on any atom is -0.445 e. The maximum Gasteiger partial charge on any atom is 0.204 e. The molecule has 0 aromatic heterocycles. The SMILES string of the molecule is CC1=C(C(=O)c2ccccc2)C(C(C)C)C(C#N)=C(N)O1. The van der Waals surface area contributed by atoms with Crippen molar-refractivity contribution >= 4 is 5.78 Å². The van der Waals surface area contributed by atoms with Gasteiger partial charge in [0.15, 0.2) is 5.78 Å². The second-order valence-electron chi connectivity index (χ2n) is 5.38. The molecule has 1 aliphatic rings. The molecule has 108 valence electrons. The lowest BCUT2D eigenvalue weighted by Gasteiger charge is -2.29. The zero-order chi connectivity index (χ0) is 15.6. The maximum atomic E-state index is 12.8. The molecule has 0 spiro atoms. The molecular weight excluding hydrogens is 264 g/mol. The van der Waals surface area contributed by atoms with Crippen LogP contribution in [0, 0.1) is 23.2 Å². The van der Waals surface area contributed by atoms with Crippen LogP contribution in [0.5, 0.6) is 0 Å². The number of hydrogen-bond donors (Lipinski definition) is 1. The van der Waals surface area contributed by atoms with Crippen LogP contribution < -0.4 is 5.73 Å². The number of carbonyl (C=O) groups excluding carboxylic acids is 1. The van der Waals surface area contributed by atoms with Crippen molar-refractivity contribution in [3.8, 4) is 6.07 Å². The minimum absolute atomic E-state index is 0.0692. The van der Waals surface area contributed by atoms with Crippen LogP contribution in [0.3, 0.4) is 0 Å². The molecule has 1 aromatic carbocycles. The molecule has 0 fully saturated rings.